The number of carbonyl (C=O) groups is 1. The summed E-state index contributed by atoms with van der Waals surface area (Å²) in [5.74, 6) is -1.10. The lowest BCUT2D eigenvalue weighted by Crippen LogP contribution is -2.40. The second-order valence-corrected chi connectivity index (χ2v) is 7.88. The monoisotopic (exact) mass is 475 g/mol. The first-order chi connectivity index (χ1) is 16.3. The predicted molar refractivity (Wildman–Crippen MR) is 125 cm³/mol. The largest absolute Gasteiger partial charge is 0.403 e. The fraction of sp³-hybridized carbons (Fsp3) is 0.348. The molecule has 0 unspecified atom stereocenters. The summed E-state index contributed by atoms with van der Waals surface area (Å²) in [6.07, 6.45) is 0.576. The van der Waals surface area contributed by atoms with Crippen LogP contribution in [0.25, 0.3) is 11.3 Å². The molecule has 0 radical (unpaired) electrons. The highest BCUT2D eigenvalue weighted by molar-refractivity contribution is 6.06. The van der Waals surface area contributed by atoms with Crippen LogP contribution in [-0.2, 0) is 0 Å². The van der Waals surface area contributed by atoms with Gasteiger partial charge in [0.25, 0.3) is 12.3 Å². The van der Waals surface area contributed by atoms with Crippen molar-refractivity contribution in [3.63, 3.8) is 0 Å². The average Bonchev–Trinajstić information content (AvgIpc) is 3.03. The topological polar surface area (TPSA) is 136 Å². The van der Waals surface area contributed by atoms with Crippen molar-refractivity contribution in [2.75, 3.05) is 25.4 Å². The number of amides is 1. The van der Waals surface area contributed by atoms with E-state index in [0.29, 0.717) is 19.5 Å². The maximum Gasteiger partial charge on any atom is 0.276 e. The number of alkyl halides is 2. The molecule has 2 heterocycles. The Hall–Kier alpha value is -3.60. The number of aliphatic imine (C=N–C) groups is 1. The molecular weight excluding hydrogens is 447 g/mol. The van der Waals surface area contributed by atoms with Gasteiger partial charge in [-0.1, -0.05) is 12.1 Å². The summed E-state index contributed by atoms with van der Waals surface area (Å²) in [5.41, 5.74) is 18.1. The Morgan fingerprint density at radius 3 is 2.71 bits per heavy atom. The Balaban J connectivity index is 1.89. The van der Waals surface area contributed by atoms with Crippen molar-refractivity contribution < 1.29 is 18.0 Å². The number of hydrogen-bond donors (Lipinski definition) is 4. The normalized spacial score (nSPS) is 17.6. The van der Waals surface area contributed by atoms with Crippen LogP contribution in [0, 0.1) is 5.82 Å². The molecule has 1 atom stereocenters. The van der Waals surface area contributed by atoms with E-state index in [0.717, 1.165) is 19.0 Å². The van der Waals surface area contributed by atoms with E-state index in [1.54, 1.807) is 11.0 Å². The van der Waals surface area contributed by atoms with E-state index in [9.17, 15) is 18.0 Å². The van der Waals surface area contributed by atoms with E-state index in [2.05, 4.69) is 15.3 Å². The Labute approximate surface area is 195 Å². The van der Waals surface area contributed by atoms with E-state index in [-0.39, 0.29) is 40.2 Å². The number of nitrogens with zero attached hydrogens (tertiary/aromatic N) is 3. The summed E-state index contributed by atoms with van der Waals surface area (Å²) in [4.78, 5) is 23.1. The quantitative estimate of drug-likeness (QED) is 0.374. The summed E-state index contributed by atoms with van der Waals surface area (Å²) in [5, 5.41) is 2.58. The fourth-order valence-electron chi connectivity index (χ4n) is 3.67. The minimum atomic E-state index is -2.67. The number of amidine groups is 1. The van der Waals surface area contributed by atoms with E-state index in [1.807, 2.05) is 0 Å². The van der Waals surface area contributed by atoms with Gasteiger partial charge in [0.15, 0.2) is 5.69 Å². The Bertz CT molecular complexity index is 1070. The van der Waals surface area contributed by atoms with E-state index in [4.69, 9.17) is 17.2 Å². The number of hydrogen-bond acceptors (Lipinski definition) is 6. The van der Waals surface area contributed by atoms with Crippen LogP contribution < -0.4 is 22.5 Å². The number of likely N-dealkylation sites (tertiary alicyclic amines) is 1. The molecule has 34 heavy (non-hydrogen) atoms. The van der Waals surface area contributed by atoms with Crippen molar-refractivity contribution in [2.45, 2.75) is 31.7 Å². The number of nitrogen functional groups attached to an aromatic ring is 1. The lowest BCUT2D eigenvalue weighted by molar-refractivity contribution is 0.0963. The standard InChI is InChI=1S/C23H28F3N7O/c24-16-6-2-1-5-15(16)18-8-7-17(29)21(31-18)23(34)32-19(12-27)22(30-13-20(25)26)33-10-3-4-14(28)9-11-33/h1-2,5-8,12,14,20H,3-4,9-11,13,27-29H2,(H,32,34)/t14-/m1/s1. The molecule has 182 valence electrons. The number of nitrogens with two attached hydrogens (primary N) is 3. The van der Waals surface area contributed by atoms with Gasteiger partial charge in [0, 0.05) is 30.9 Å². The van der Waals surface area contributed by atoms with Gasteiger partial charge in [-0.3, -0.25) is 9.79 Å². The number of rotatable bonds is 6. The Morgan fingerprint density at radius 1 is 1.24 bits per heavy atom. The highest BCUT2D eigenvalue weighted by Gasteiger charge is 2.24. The van der Waals surface area contributed by atoms with Crippen LogP contribution in [0.3, 0.4) is 0 Å². The number of anilines is 1. The zero-order valence-corrected chi connectivity index (χ0v) is 18.6. The van der Waals surface area contributed by atoms with Crippen LogP contribution in [0.2, 0.25) is 0 Å². The molecule has 1 aromatic heterocycles. The van der Waals surface area contributed by atoms with Gasteiger partial charge < -0.3 is 27.4 Å². The predicted octanol–water partition coefficient (Wildman–Crippen LogP) is 2.48. The zero-order valence-electron chi connectivity index (χ0n) is 18.6. The minimum absolute atomic E-state index is 0.00799. The van der Waals surface area contributed by atoms with Gasteiger partial charge in [0.2, 0.25) is 0 Å². The van der Waals surface area contributed by atoms with E-state index in [1.165, 1.54) is 30.3 Å². The van der Waals surface area contributed by atoms with Gasteiger partial charge in [-0.15, -0.1) is 0 Å². The Kier molecular flexibility index (Phi) is 8.47. The van der Waals surface area contributed by atoms with Crippen LogP contribution in [0.1, 0.15) is 29.8 Å². The van der Waals surface area contributed by atoms with Crippen molar-refractivity contribution in [1.82, 2.24) is 15.2 Å². The van der Waals surface area contributed by atoms with Gasteiger partial charge in [-0.2, -0.15) is 0 Å². The highest BCUT2D eigenvalue weighted by atomic mass is 19.3. The lowest BCUT2D eigenvalue weighted by Gasteiger charge is -2.26. The van der Waals surface area contributed by atoms with Gasteiger partial charge in [-0.05, 0) is 43.5 Å². The summed E-state index contributed by atoms with van der Waals surface area (Å²) in [6, 6.07) is 8.92. The SMILES string of the molecule is NC=C(NC(=O)c1nc(-c2ccccc2F)ccc1N)C(=NCC(F)F)N1CCC[C@@H](N)CC1. The molecule has 1 aliphatic rings. The molecule has 0 bridgehead atoms. The van der Waals surface area contributed by atoms with Gasteiger partial charge in [0.1, 0.15) is 18.2 Å². The van der Waals surface area contributed by atoms with E-state index < -0.39 is 24.7 Å². The van der Waals surface area contributed by atoms with Crippen LogP contribution in [0.5, 0.6) is 0 Å². The molecule has 0 aliphatic carbocycles. The van der Waals surface area contributed by atoms with Crippen LogP contribution >= 0.6 is 0 Å². The molecule has 1 saturated heterocycles. The van der Waals surface area contributed by atoms with E-state index >= 15 is 0 Å². The molecule has 7 N–H and O–H groups in total. The number of carbonyl (C=O) groups excluding carboxylic acids is 1. The Morgan fingerprint density at radius 2 is 2.00 bits per heavy atom. The zero-order chi connectivity index (χ0) is 24.7. The first kappa shape index (κ1) is 25.0. The molecule has 1 aromatic carbocycles. The smallest absolute Gasteiger partial charge is 0.276 e. The third-order valence-corrected chi connectivity index (χ3v) is 5.40. The second kappa shape index (κ2) is 11.5. The number of halogens is 3. The number of aromatic nitrogens is 1. The van der Waals surface area contributed by atoms with Gasteiger partial charge in [0.05, 0.1) is 17.1 Å². The first-order valence-electron chi connectivity index (χ1n) is 10.9. The first-order valence-corrected chi connectivity index (χ1v) is 10.9. The minimum Gasteiger partial charge on any atom is -0.403 e. The van der Waals surface area contributed by atoms with Crippen molar-refractivity contribution >= 4 is 17.4 Å². The number of benzene rings is 1. The highest BCUT2D eigenvalue weighted by Crippen LogP contribution is 2.23. The molecular formula is C23H28F3N7O. The molecule has 1 amide bonds. The molecule has 1 aliphatic heterocycles. The molecule has 0 saturated carbocycles. The van der Waals surface area contributed by atoms with Crippen LogP contribution in [0.15, 0.2) is 53.3 Å². The fourth-order valence-corrected chi connectivity index (χ4v) is 3.67. The molecule has 8 nitrogen and oxygen atoms in total. The van der Waals surface area contributed by atoms with Gasteiger partial charge >= 0.3 is 0 Å². The van der Waals surface area contributed by atoms with Crippen molar-refractivity contribution in [3.05, 3.63) is 59.8 Å². The molecule has 0 spiro atoms. The van der Waals surface area contributed by atoms with Crippen molar-refractivity contribution in [2.24, 2.45) is 16.5 Å². The van der Waals surface area contributed by atoms with Crippen LogP contribution in [0.4, 0.5) is 18.9 Å². The second-order valence-electron chi connectivity index (χ2n) is 7.88. The van der Waals surface area contributed by atoms with Gasteiger partial charge in [-0.25, -0.2) is 18.2 Å². The summed E-state index contributed by atoms with van der Waals surface area (Å²) < 4.78 is 40.1. The van der Waals surface area contributed by atoms with Crippen LogP contribution in [-0.4, -0.2) is 53.7 Å². The summed E-state index contributed by atoms with van der Waals surface area (Å²) >= 11 is 0. The summed E-state index contributed by atoms with van der Waals surface area (Å²) in [7, 11) is 0. The number of nitrogens with one attached hydrogen (secondary N) is 1. The molecule has 3 rings (SSSR count). The lowest BCUT2D eigenvalue weighted by atomic mass is 10.1. The maximum absolute atomic E-state index is 14.2. The van der Waals surface area contributed by atoms with Crippen molar-refractivity contribution in [3.8, 4) is 11.3 Å². The average molecular weight is 476 g/mol. The number of pyridine rings is 1. The molecule has 11 heteroatoms. The summed E-state index contributed by atoms with van der Waals surface area (Å²) in [6.45, 7) is 0.236. The molecule has 1 fully saturated rings. The third kappa shape index (κ3) is 6.25. The maximum atomic E-state index is 14.2. The molecule has 2 aromatic rings. The van der Waals surface area contributed by atoms with Crippen molar-refractivity contribution in [1.29, 1.82) is 0 Å². The third-order valence-electron chi connectivity index (χ3n) is 5.40.